The summed E-state index contributed by atoms with van der Waals surface area (Å²) in [6, 6.07) is 25.8. The Morgan fingerprint density at radius 3 is 2.09 bits per heavy atom. The predicted molar refractivity (Wildman–Crippen MR) is 131 cm³/mol. The molecule has 5 nitrogen and oxygen atoms in total. The molecule has 2 amide bonds. The summed E-state index contributed by atoms with van der Waals surface area (Å²) in [6.45, 7) is 3.93. The van der Waals surface area contributed by atoms with Gasteiger partial charge in [-0.25, -0.2) is 9.29 Å². The lowest BCUT2D eigenvalue weighted by Crippen LogP contribution is -3.13. The van der Waals surface area contributed by atoms with Crippen molar-refractivity contribution in [3.05, 3.63) is 107 Å². The number of hydrogen-bond acceptors (Lipinski definition) is 4. The maximum Gasteiger partial charge on any atom is 0.283 e. The number of amides is 2. The molecule has 2 aliphatic rings. The Morgan fingerprint density at radius 2 is 1.41 bits per heavy atom. The van der Waals surface area contributed by atoms with Crippen LogP contribution in [0.4, 0.5) is 10.1 Å². The van der Waals surface area contributed by atoms with Gasteiger partial charge in [0, 0.05) is 10.5 Å². The highest BCUT2D eigenvalue weighted by molar-refractivity contribution is 8.04. The van der Waals surface area contributed by atoms with E-state index in [1.54, 1.807) is 12.1 Å². The minimum Gasteiger partial charge on any atom is -0.355 e. The Labute approximate surface area is 202 Å². The van der Waals surface area contributed by atoms with Gasteiger partial charge in [-0.1, -0.05) is 72.4 Å². The van der Waals surface area contributed by atoms with Crippen molar-refractivity contribution in [1.29, 1.82) is 0 Å². The summed E-state index contributed by atoms with van der Waals surface area (Å²) in [4.78, 5) is 32.7. The molecule has 0 spiro atoms. The molecule has 2 aliphatic heterocycles. The number of nitrogens with one attached hydrogen (secondary N) is 1. The zero-order chi connectivity index (χ0) is 23.5. The second-order valence-electron chi connectivity index (χ2n) is 8.39. The van der Waals surface area contributed by atoms with Gasteiger partial charge in [-0.15, -0.1) is 0 Å². The summed E-state index contributed by atoms with van der Waals surface area (Å²) < 4.78 is 14.6. The van der Waals surface area contributed by atoms with Crippen molar-refractivity contribution in [2.75, 3.05) is 31.1 Å². The predicted octanol–water partition coefficient (Wildman–Crippen LogP) is 3.10. The number of carbonyl (C=O) groups excluding carboxylic acids is 2. The molecule has 172 valence electrons. The van der Waals surface area contributed by atoms with Crippen LogP contribution in [0.5, 0.6) is 0 Å². The molecule has 0 aliphatic carbocycles. The lowest BCUT2D eigenvalue weighted by molar-refractivity contribution is -0.917. The average Bonchev–Trinajstić information content (AvgIpc) is 3.10. The molecule has 0 saturated carbocycles. The third-order valence-electron chi connectivity index (χ3n) is 6.16. The van der Waals surface area contributed by atoms with Gasteiger partial charge in [-0.3, -0.25) is 9.59 Å². The Bertz CT molecular complexity index is 1220. The highest BCUT2D eigenvalue weighted by atomic mass is 32.2. The van der Waals surface area contributed by atoms with Gasteiger partial charge >= 0.3 is 0 Å². The molecule has 5 rings (SSSR count). The summed E-state index contributed by atoms with van der Waals surface area (Å²) in [5.74, 6) is -1.52. The first-order chi connectivity index (χ1) is 16.6. The van der Waals surface area contributed by atoms with Crippen LogP contribution in [0.25, 0.3) is 0 Å². The van der Waals surface area contributed by atoms with Crippen LogP contribution in [0.15, 0.2) is 100 Å². The second kappa shape index (κ2) is 9.83. The largest absolute Gasteiger partial charge is 0.355 e. The maximum absolute atomic E-state index is 14.6. The lowest BCUT2D eigenvalue weighted by Gasteiger charge is -2.34. The van der Waals surface area contributed by atoms with Gasteiger partial charge in [-0.2, -0.15) is 0 Å². The van der Waals surface area contributed by atoms with Crippen molar-refractivity contribution in [2.45, 2.75) is 11.4 Å². The molecule has 3 aromatic rings. The number of hydrogen-bond donors (Lipinski definition) is 1. The molecule has 1 saturated heterocycles. The van der Waals surface area contributed by atoms with Gasteiger partial charge in [-0.05, 0) is 24.3 Å². The number of piperazine rings is 1. The fraction of sp³-hybridized carbons (Fsp3) is 0.185. The number of nitrogens with zero attached hydrogens (tertiary/aromatic N) is 2. The van der Waals surface area contributed by atoms with E-state index < -0.39 is 17.6 Å². The molecular formula is C27H25FN3O2S+. The van der Waals surface area contributed by atoms with Crippen LogP contribution >= 0.6 is 11.8 Å². The molecule has 0 unspecified atom stereocenters. The van der Waals surface area contributed by atoms with E-state index in [2.05, 4.69) is 12.1 Å². The van der Waals surface area contributed by atoms with Crippen LogP contribution in [-0.2, 0) is 16.1 Å². The van der Waals surface area contributed by atoms with E-state index in [4.69, 9.17) is 0 Å². The molecule has 3 aromatic carbocycles. The SMILES string of the molecule is O=C1C(Sc2ccccc2)=C(N2CC[NH+](Cc3ccccc3)CC2)C(=O)N1c1ccccc1F. The number of benzene rings is 3. The van der Waals surface area contributed by atoms with Crippen molar-refractivity contribution < 1.29 is 18.9 Å². The second-order valence-corrected chi connectivity index (χ2v) is 9.47. The molecule has 7 heteroatoms. The normalized spacial score (nSPS) is 17.1. The number of quaternary nitrogens is 1. The molecule has 0 atom stereocenters. The zero-order valence-corrected chi connectivity index (χ0v) is 19.4. The standard InChI is InChI=1S/C27H24FN3O2S/c28-22-13-7-8-14-23(22)31-26(32)24(25(27(31)33)34-21-11-5-2-6-12-21)30-17-15-29(16-18-30)19-20-9-3-1-4-10-20/h1-14H,15-19H2/p+1. The van der Waals surface area contributed by atoms with Crippen LogP contribution in [0.3, 0.4) is 0 Å². The van der Waals surface area contributed by atoms with E-state index in [9.17, 15) is 14.0 Å². The van der Waals surface area contributed by atoms with Crippen molar-refractivity contribution in [3.8, 4) is 0 Å². The summed E-state index contributed by atoms with van der Waals surface area (Å²) in [5.41, 5.74) is 1.65. The number of carbonyl (C=O) groups is 2. The third kappa shape index (κ3) is 4.49. The maximum atomic E-state index is 14.6. The van der Waals surface area contributed by atoms with E-state index in [1.807, 2.05) is 53.4 Å². The molecule has 1 N–H and O–H groups in total. The smallest absolute Gasteiger partial charge is 0.283 e. The van der Waals surface area contributed by atoms with Crippen molar-refractivity contribution in [3.63, 3.8) is 0 Å². The number of rotatable bonds is 6. The lowest BCUT2D eigenvalue weighted by atomic mass is 10.2. The van der Waals surface area contributed by atoms with Crippen molar-refractivity contribution >= 4 is 29.3 Å². The van der Waals surface area contributed by atoms with E-state index in [-0.39, 0.29) is 5.69 Å². The summed E-state index contributed by atoms with van der Waals surface area (Å²) in [6.07, 6.45) is 0. The molecular weight excluding hydrogens is 449 g/mol. The molecule has 0 aromatic heterocycles. The Hall–Kier alpha value is -3.42. The Balaban J connectivity index is 1.41. The quantitative estimate of drug-likeness (QED) is 0.558. The average molecular weight is 475 g/mol. The van der Waals surface area contributed by atoms with Gasteiger partial charge in [0.1, 0.15) is 23.0 Å². The first-order valence-electron chi connectivity index (χ1n) is 11.3. The number of halogens is 1. The van der Waals surface area contributed by atoms with Crippen LogP contribution in [0.1, 0.15) is 5.56 Å². The van der Waals surface area contributed by atoms with Crippen LogP contribution in [0, 0.1) is 5.82 Å². The topological polar surface area (TPSA) is 45.1 Å². The number of para-hydroxylation sites is 1. The molecule has 0 radical (unpaired) electrons. The molecule has 0 bridgehead atoms. The van der Waals surface area contributed by atoms with Gasteiger partial charge in [0.2, 0.25) is 0 Å². The number of anilines is 1. The fourth-order valence-electron chi connectivity index (χ4n) is 4.44. The highest BCUT2D eigenvalue weighted by Crippen LogP contribution is 2.39. The van der Waals surface area contributed by atoms with Crippen LogP contribution in [0.2, 0.25) is 0 Å². The minimum atomic E-state index is -0.591. The van der Waals surface area contributed by atoms with Gasteiger partial charge in [0.05, 0.1) is 31.9 Å². The monoisotopic (exact) mass is 474 g/mol. The first-order valence-corrected chi connectivity index (χ1v) is 12.2. The van der Waals surface area contributed by atoms with Crippen LogP contribution < -0.4 is 9.80 Å². The van der Waals surface area contributed by atoms with Gasteiger partial charge < -0.3 is 9.80 Å². The summed E-state index contributed by atoms with van der Waals surface area (Å²) >= 11 is 1.27. The molecule has 1 fully saturated rings. The third-order valence-corrected chi connectivity index (χ3v) is 7.24. The Morgan fingerprint density at radius 1 is 0.794 bits per heavy atom. The fourth-order valence-corrected chi connectivity index (χ4v) is 5.46. The van der Waals surface area contributed by atoms with Gasteiger partial charge in [0.15, 0.2) is 0 Å². The van der Waals surface area contributed by atoms with Gasteiger partial charge in [0.25, 0.3) is 11.8 Å². The minimum absolute atomic E-state index is 0.00741. The summed E-state index contributed by atoms with van der Waals surface area (Å²) in [5, 5.41) is 0. The van der Waals surface area contributed by atoms with Crippen LogP contribution in [-0.4, -0.2) is 42.9 Å². The highest BCUT2D eigenvalue weighted by Gasteiger charge is 2.44. The number of thioether (sulfide) groups is 1. The Kier molecular flexibility index (Phi) is 6.47. The van der Waals surface area contributed by atoms with Crippen molar-refractivity contribution in [1.82, 2.24) is 4.90 Å². The van der Waals surface area contributed by atoms with Crippen molar-refractivity contribution in [2.24, 2.45) is 0 Å². The zero-order valence-electron chi connectivity index (χ0n) is 18.6. The van der Waals surface area contributed by atoms with E-state index in [0.29, 0.717) is 23.7 Å². The van der Waals surface area contributed by atoms with E-state index >= 15 is 0 Å². The van der Waals surface area contributed by atoms with E-state index in [1.165, 1.54) is 34.4 Å². The molecule has 34 heavy (non-hydrogen) atoms. The first kappa shape index (κ1) is 22.4. The summed E-state index contributed by atoms with van der Waals surface area (Å²) in [7, 11) is 0. The van der Waals surface area contributed by atoms with E-state index in [0.717, 1.165) is 29.4 Å². The molecule has 2 heterocycles. The number of imide groups is 1.